The number of nitrogens with one attached hydrogen (secondary N) is 1. The molecule has 1 heterocycles. The Labute approximate surface area is 90.9 Å². The van der Waals surface area contributed by atoms with Crippen molar-refractivity contribution in [2.45, 2.75) is 6.92 Å². The van der Waals surface area contributed by atoms with Crippen molar-refractivity contribution in [1.29, 1.82) is 0 Å². The van der Waals surface area contributed by atoms with Gasteiger partial charge in [-0.2, -0.15) is 0 Å². The number of non-ortho nitro benzene ring substituents is 1. The summed E-state index contributed by atoms with van der Waals surface area (Å²) in [5.41, 5.74) is 1.57. The van der Waals surface area contributed by atoms with Gasteiger partial charge in [-0.25, -0.2) is 4.39 Å². The molecule has 0 fully saturated rings. The zero-order valence-electron chi connectivity index (χ0n) is 8.53. The molecule has 0 aliphatic carbocycles. The molecule has 1 aromatic heterocycles. The average Bonchev–Trinajstić information content (AvgIpc) is 2.65. The van der Waals surface area contributed by atoms with Crippen LogP contribution in [-0.2, 0) is 0 Å². The van der Waals surface area contributed by atoms with Crippen LogP contribution in [0.15, 0.2) is 30.5 Å². The smallest absolute Gasteiger partial charge is 0.270 e. The zero-order chi connectivity index (χ0) is 11.7. The summed E-state index contributed by atoms with van der Waals surface area (Å²) < 4.78 is 13.5. The van der Waals surface area contributed by atoms with E-state index >= 15 is 0 Å². The fourth-order valence-electron chi connectivity index (χ4n) is 1.49. The van der Waals surface area contributed by atoms with E-state index in [2.05, 4.69) is 4.98 Å². The summed E-state index contributed by atoms with van der Waals surface area (Å²) >= 11 is 0. The first kappa shape index (κ1) is 10.4. The van der Waals surface area contributed by atoms with Gasteiger partial charge in [0, 0.05) is 29.6 Å². The third kappa shape index (κ3) is 1.79. The Bertz CT molecular complexity index is 549. The van der Waals surface area contributed by atoms with Gasteiger partial charge < -0.3 is 4.98 Å². The van der Waals surface area contributed by atoms with Crippen LogP contribution in [0.1, 0.15) is 5.56 Å². The van der Waals surface area contributed by atoms with Crippen molar-refractivity contribution < 1.29 is 9.31 Å². The lowest BCUT2D eigenvalue weighted by atomic mass is 10.1. The third-order valence-electron chi connectivity index (χ3n) is 2.28. The zero-order valence-corrected chi connectivity index (χ0v) is 8.53. The number of nitro groups is 1. The van der Waals surface area contributed by atoms with E-state index in [1.165, 1.54) is 6.07 Å². The Kier molecular flexibility index (Phi) is 2.44. The van der Waals surface area contributed by atoms with Gasteiger partial charge in [0.15, 0.2) is 0 Å². The van der Waals surface area contributed by atoms with Crippen LogP contribution in [0.3, 0.4) is 0 Å². The van der Waals surface area contributed by atoms with Crippen LogP contribution in [0, 0.1) is 22.9 Å². The van der Waals surface area contributed by atoms with Crippen LogP contribution >= 0.6 is 0 Å². The molecule has 0 aliphatic rings. The molecule has 0 amide bonds. The van der Waals surface area contributed by atoms with E-state index in [1.54, 1.807) is 12.3 Å². The third-order valence-corrected chi connectivity index (χ3v) is 2.28. The fourth-order valence-corrected chi connectivity index (χ4v) is 1.49. The maximum Gasteiger partial charge on any atom is 0.270 e. The summed E-state index contributed by atoms with van der Waals surface area (Å²) in [5, 5.41) is 10.6. The van der Waals surface area contributed by atoms with Crippen LogP contribution in [0.25, 0.3) is 11.3 Å². The first-order chi connectivity index (χ1) is 7.58. The summed E-state index contributed by atoms with van der Waals surface area (Å²) in [4.78, 5) is 12.9. The Hall–Kier alpha value is -2.17. The number of benzene rings is 1. The average molecular weight is 220 g/mol. The summed E-state index contributed by atoms with van der Waals surface area (Å²) in [7, 11) is 0. The van der Waals surface area contributed by atoms with Crippen molar-refractivity contribution in [2.75, 3.05) is 0 Å². The second kappa shape index (κ2) is 3.77. The molecule has 2 rings (SSSR count). The number of hydrogen-bond donors (Lipinski definition) is 1. The first-order valence-electron chi connectivity index (χ1n) is 4.67. The van der Waals surface area contributed by atoms with Gasteiger partial charge in [-0.05, 0) is 24.6 Å². The topological polar surface area (TPSA) is 58.9 Å². The quantitative estimate of drug-likeness (QED) is 0.624. The minimum absolute atomic E-state index is 0.122. The second-order valence-electron chi connectivity index (χ2n) is 3.51. The molecule has 0 aliphatic heterocycles. The largest absolute Gasteiger partial charge is 0.361 e. The van der Waals surface area contributed by atoms with Crippen LogP contribution in [0.2, 0.25) is 0 Å². The van der Waals surface area contributed by atoms with Crippen LogP contribution in [0.5, 0.6) is 0 Å². The SMILES string of the molecule is Cc1c[nH]c(-c2cc([N+](=O)[O-])ccc2F)c1. The Morgan fingerprint density at radius 3 is 2.69 bits per heavy atom. The lowest BCUT2D eigenvalue weighted by molar-refractivity contribution is -0.384. The van der Waals surface area contributed by atoms with Gasteiger partial charge >= 0.3 is 0 Å². The van der Waals surface area contributed by atoms with Crippen molar-refractivity contribution in [2.24, 2.45) is 0 Å². The molecular formula is C11H9FN2O2. The highest BCUT2D eigenvalue weighted by Crippen LogP contribution is 2.26. The van der Waals surface area contributed by atoms with Gasteiger partial charge in [0.25, 0.3) is 5.69 Å². The Balaban J connectivity index is 2.55. The number of hydrogen-bond acceptors (Lipinski definition) is 2. The number of H-pyrrole nitrogens is 1. The number of aryl methyl sites for hydroxylation is 1. The van der Waals surface area contributed by atoms with Gasteiger partial charge in [0.1, 0.15) is 5.82 Å². The van der Waals surface area contributed by atoms with Gasteiger partial charge in [-0.15, -0.1) is 0 Å². The van der Waals surface area contributed by atoms with Crippen molar-refractivity contribution in [3.63, 3.8) is 0 Å². The van der Waals surface area contributed by atoms with Crippen LogP contribution in [-0.4, -0.2) is 9.91 Å². The maximum absolute atomic E-state index is 13.5. The molecule has 82 valence electrons. The molecule has 2 aromatic rings. The van der Waals surface area contributed by atoms with E-state index in [4.69, 9.17) is 0 Å². The normalized spacial score (nSPS) is 10.4. The number of rotatable bonds is 2. The first-order valence-corrected chi connectivity index (χ1v) is 4.67. The van der Waals surface area contributed by atoms with E-state index in [1.807, 2.05) is 6.92 Å². The highest BCUT2D eigenvalue weighted by Gasteiger charge is 2.13. The molecule has 0 bridgehead atoms. The van der Waals surface area contributed by atoms with E-state index in [0.29, 0.717) is 5.69 Å². The van der Waals surface area contributed by atoms with Gasteiger partial charge in [0.05, 0.1) is 4.92 Å². The van der Waals surface area contributed by atoms with Gasteiger partial charge in [0.2, 0.25) is 0 Å². The summed E-state index contributed by atoms with van der Waals surface area (Å²) in [6.45, 7) is 1.86. The van der Waals surface area contributed by atoms with Crippen molar-refractivity contribution in [3.05, 3.63) is 52.0 Å². The Morgan fingerprint density at radius 1 is 1.38 bits per heavy atom. The number of aromatic amines is 1. The number of aromatic nitrogens is 1. The van der Waals surface area contributed by atoms with Crippen molar-refractivity contribution in [1.82, 2.24) is 4.98 Å². The lowest BCUT2D eigenvalue weighted by Crippen LogP contribution is -1.91. The fraction of sp³-hybridized carbons (Fsp3) is 0.0909. The van der Waals surface area contributed by atoms with Crippen molar-refractivity contribution >= 4 is 5.69 Å². The van der Waals surface area contributed by atoms with Gasteiger partial charge in [-0.1, -0.05) is 0 Å². The van der Waals surface area contributed by atoms with Crippen molar-refractivity contribution in [3.8, 4) is 11.3 Å². The molecule has 0 saturated heterocycles. The highest BCUT2D eigenvalue weighted by atomic mass is 19.1. The molecule has 0 saturated carbocycles. The molecule has 16 heavy (non-hydrogen) atoms. The lowest BCUT2D eigenvalue weighted by Gasteiger charge is -2.00. The molecule has 0 atom stereocenters. The number of nitrogens with zero attached hydrogens (tertiary/aromatic N) is 1. The van der Waals surface area contributed by atoms with Crippen LogP contribution in [0.4, 0.5) is 10.1 Å². The van der Waals surface area contributed by atoms with E-state index in [-0.39, 0.29) is 11.3 Å². The maximum atomic E-state index is 13.5. The number of halogens is 1. The molecule has 1 N–H and O–H groups in total. The second-order valence-corrected chi connectivity index (χ2v) is 3.51. The molecule has 0 radical (unpaired) electrons. The number of nitro benzene ring substituents is 1. The minimum Gasteiger partial charge on any atom is -0.361 e. The molecule has 1 aromatic carbocycles. The molecule has 5 heteroatoms. The van der Waals surface area contributed by atoms with E-state index in [9.17, 15) is 14.5 Å². The standard InChI is InChI=1S/C11H9FN2O2/c1-7-4-11(13-6-7)9-5-8(14(15)16)2-3-10(9)12/h2-6,13H,1H3. The molecular weight excluding hydrogens is 211 g/mol. The van der Waals surface area contributed by atoms with E-state index < -0.39 is 10.7 Å². The molecule has 0 unspecified atom stereocenters. The Morgan fingerprint density at radius 2 is 2.12 bits per heavy atom. The molecule has 0 spiro atoms. The predicted octanol–water partition coefficient (Wildman–Crippen LogP) is 3.04. The predicted molar refractivity (Wildman–Crippen MR) is 57.6 cm³/mol. The van der Waals surface area contributed by atoms with Crippen LogP contribution < -0.4 is 0 Å². The summed E-state index contributed by atoms with van der Waals surface area (Å²) in [6, 6.07) is 5.21. The summed E-state index contributed by atoms with van der Waals surface area (Å²) in [6.07, 6.45) is 1.72. The minimum atomic E-state index is -0.543. The molecule has 4 nitrogen and oxygen atoms in total. The monoisotopic (exact) mass is 220 g/mol. The van der Waals surface area contributed by atoms with E-state index in [0.717, 1.165) is 17.7 Å². The van der Waals surface area contributed by atoms with Gasteiger partial charge in [-0.3, -0.25) is 10.1 Å². The highest BCUT2D eigenvalue weighted by molar-refractivity contribution is 5.64. The summed E-state index contributed by atoms with van der Waals surface area (Å²) in [5.74, 6) is -0.479.